The molecule has 0 saturated carbocycles. The first-order valence-electron chi connectivity index (χ1n) is 12.0. The summed E-state index contributed by atoms with van der Waals surface area (Å²) in [7, 11) is 2.92. The minimum Gasteiger partial charge on any atom is -0.488 e. The fourth-order valence-electron chi connectivity index (χ4n) is 4.00. The first-order valence-corrected chi connectivity index (χ1v) is 12.0. The van der Waals surface area contributed by atoms with Crippen molar-refractivity contribution in [2.45, 2.75) is 6.61 Å². The Morgan fingerprint density at radius 3 is 2.77 bits per heavy atom. The van der Waals surface area contributed by atoms with E-state index in [1.165, 1.54) is 32.6 Å². The Bertz CT molecular complexity index is 1670. The number of anilines is 2. The Labute approximate surface area is 224 Å². The third-order valence-corrected chi connectivity index (χ3v) is 6.07. The topological polar surface area (TPSA) is 89.7 Å². The highest BCUT2D eigenvalue weighted by Gasteiger charge is 2.17. The quantitative estimate of drug-likeness (QED) is 0.217. The van der Waals surface area contributed by atoms with Crippen molar-refractivity contribution in [3.63, 3.8) is 0 Å². The Kier molecular flexibility index (Phi) is 7.33. The van der Waals surface area contributed by atoms with Gasteiger partial charge in [0.25, 0.3) is 0 Å². The maximum atomic E-state index is 13.5. The van der Waals surface area contributed by atoms with E-state index in [2.05, 4.69) is 21.9 Å². The molecule has 0 atom stereocenters. The van der Waals surface area contributed by atoms with Gasteiger partial charge in [0, 0.05) is 29.2 Å². The lowest BCUT2D eigenvalue weighted by Crippen LogP contribution is -2.24. The monoisotopic (exact) mass is 524 g/mol. The van der Waals surface area contributed by atoms with Crippen LogP contribution in [0.25, 0.3) is 28.3 Å². The van der Waals surface area contributed by atoms with E-state index in [1.54, 1.807) is 30.3 Å². The summed E-state index contributed by atoms with van der Waals surface area (Å²) >= 11 is 0. The van der Waals surface area contributed by atoms with E-state index in [-0.39, 0.29) is 18.2 Å². The van der Waals surface area contributed by atoms with E-state index in [0.29, 0.717) is 17.3 Å². The van der Waals surface area contributed by atoms with Crippen molar-refractivity contribution in [3.8, 4) is 17.1 Å². The highest BCUT2D eigenvalue weighted by atomic mass is 19.1. The molecule has 0 radical (unpaired) electrons. The van der Waals surface area contributed by atoms with Crippen LogP contribution in [-0.4, -0.2) is 35.1 Å². The highest BCUT2D eigenvalue weighted by molar-refractivity contribution is 5.94. The predicted molar refractivity (Wildman–Crippen MR) is 147 cm³/mol. The second-order valence-electron chi connectivity index (χ2n) is 8.60. The molecule has 0 aliphatic heterocycles. The van der Waals surface area contributed by atoms with Crippen molar-refractivity contribution in [2.24, 2.45) is 0 Å². The fourth-order valence-corrected chi connectivity index (χ4v) is 4.00. The number of halogens is 1. The molecule has 39 heavy (non-hydrogen) atoms. The number of amides is 1. The molecule has 2 aromatic heterocycles. The molecular weight excluding hydrogens is 499 g/mol. The maximum absolute atomic E-state index is 13.5. The minimum absolute atomic E-state index is 0.161. The average molecular weight is 525 g/mol. The van der Waals surface area contributed by atoms with E-state index in [9.17, 15) is 9.18 Å². The number of ether oxygens (including phenoxy) is 1. The molecule has 0 saturated heterocycles. The normalized spacial score (nSPS) is 10.8. The fraction of sp³-hybridized carbons (Fsp3) is 0.100. The summed E-state index contributed by atoms with van der Waals surface area (Å²) in [6.07, 6.45) is 3.18. The van der Waals surface area contributed by atoms with Gasteiger partial charge in [0.1, 0.15) is 36.1 Å². The van der Waals surface area contributed by atoms with Crippen molar-refractivity contribution in [3.05, 3.63) is 108 Å². The number of carbonyl (C=O) groups is 1. The largest absolute Gasteiger partial charge is 0.488 e. The van der Waals surface area contributed by atoms with Gasteiger partial charge in [-0.3, -0.25) is 9.63 Å². The molecule has 0 fully saturated rings. The van der Waals surface area contributed by atoms with Crippen molar-refractivity contribution in [2.75, 3.05) is 19.5 Å². The number of hydrogen-bond donors (Lipinski definition) is 1. The molecule has 196 valence electrons. The predicted octanol–water partition coefficient (Wildman–Crippen LogP) is 6.63. The number of carbonyl (C=O) groups excluding carboxylic acids is 1. The van der Waals surface area contributed by atoms with Gasteiger partial charge in [-0.2, -0.15) is 0 Å². The summed E-state index contributed by atoms with van der Waals surface area (Å²) in [5.74, 6) is 1.20. The third kappa shape index (κ3) is 5.63. The second-order valence-corrected chi connectivity index (χ2v) is 8.60. The standard InChI is InChI=1S/C30H25FN4O4/c1-4-20-15-23(9-11-26(20)38-17-19-6-5-7-22(31)14-19)34-29-24-16-21(8-10-25(24)32-18-33-29)27-12-13-28(39-27)30(36)35(2)37-3/h4-16,18H,1,17H2,2-3H3,(H,32,33,34). The lowest BCUT2D eigenvalue weighted by molar-refractivity contribution is -0.0773. The van der Waals surface area contributed by atoms with Crippen LogP contribution in [0.4, 0.5) is 15.9 Å². The SMILES string of the molecule is C=Cc1cc(Nc2ncnc3ccc(-c4ccc(C(=O)N(C)OC)o4)cc23)ccc1OCc1cccc(F)c1. The molecular formula is C30H25FN4O4. The van der Waals surface area contributed by atoms with E-state index < -0.39 is 5.91 Å². The molecule has 9 heteroatoms. The third-order valence-electron chi connectivity index (χ3n) is 6.07. The molecule has 3 aromatic carbocycles. The summed E-state index contributed by atoms with van der Waals surface area (Å²) in [6, 6.07) is 20.8. The van der Waals surface area contributed by atoms with Gasteiger partial charge < -0.3 is 14.5 Å². The van der Waals surface area contributed by atoms with Crippen molar-refractivity contribution >= 4 is 34.4 Å². The molecule has 0 unspecified atom stereocenters. The van der Waals surface area contributed by atoms with Crippen LogP contribution in [0.15, 0.2) is 90.1 Å². The molecule has 8 nitrogen and oxygen atoms in total. The molecule has 0 spiro atoms. The number of furan rings is 1. The number of nitrogens with zero attached hydrogens (tertiary/aromatic N) is 3. The van der Waals surface area contributed by atoms with Crippen LogP contribution in [0.3, 0.4) is 0 Å². The zero-order valence-corrected chi connectivity index (χ0v) is 21.3. The second kappa shape index (κ2) is 11.2. The van der Waals surface area contributed by atoms with Gasteiger partial charge in [0.2, 0.25) is 0 Å². The maximum Gasteiger partial charge on any atom is 0.312 e. The number of hydroxylamine groups is 2. The van der Waals surface area contributed by atoms with E-state index in [0.717, 1.165) is 38.3 Å². The molecule has 5 aromatic rings. The first-order chi connectivity index (χ1) is 18.9. The van der Waals surface area contributed by atoms with Crippen LogP contribution in [-0.2, 0) is 11.4 Å². The van der Waals surface area contributed by atoms with Crippen LogP contribution in [0, 0.1) is 5.82 Å². The number of nitrogens with one attached hydrogen (secondary N) is 1. The number of rotatable bonds is 9. The summed E-state index contributed by atoms with van der Waals surface area (Å²) in [6.45, 7) is 4.12. The zero-order chi connectivity index (χ0) is 27.4. The number of fused-ring (bicyclic) bond motifs is 1. The van der Waals surface area contributed by atoms with Gasteiger partial charge in [-0.05, 0) is 66.2 Å². The van der Waals surface area contributed by atoms with E-state index in [4.69, 9.17) is 14.0 Å². The van der Waals surface area contributed by atoms with Crippen molar-refractivity contribution in [1.29, 1.82) is 0 Å². The van der Waals surface area contributed by atoms with Gasteiger partial charge in [-0.15, -0.1) is 0 Å². The van der Waals surface area contributed by atoms with E-state index in [1.807, 2.05) is 36.4 Å². The molecule has 0 aliphatic carbocycles. The van der Waals surface area contributed by atoms with Crippen molar-refractivity contribution in [1.82, 2.24) is 15.0 Å². The smallest absolute Gasteiger partial charge is 0.312 e. The first kappa shape index (κ1) is 25.6. The lowest BCUT2D eigenvalue weighted by Gasteiger charge is -2.13. The van der Waals surface area contributed by atoms with Gasteiger partial charge in [-0.25, -0.2) is 19.4 Å². The summed E-state index contributed by atoms with van der Waals surface area (Å²) in [5, 5.41) is 5.20. The number of hydrogen-bond acceptors (Lipinski definition) is 7. The van der Waals surface area contributed by atoms with Gasteiger partial charge in [0.15, 0.2) is 5.76 Å². The van der Waals surface area contributed by atoms with Crippen LogP contribution in [0.1, 0.15) is 21.7 Å². The van der Waals surface area contributed by atoms with Gasteiger partial charge in [-0.1, -0.05) is 24.8 Å². The van der Waals surface area contributed by atoms with Crippen molar-refractivity contribution < 1.29 is 23.2 Å². The lowest BCUT2D eigenvalue weighted by atomic mass is 10.1. The Hall–Kier alpha value is -5.02. The molecule has 5 rings (SSSR count). The Balaban J connectivity index is 1.39. The van der Waals surface area contributed by atoms with Crippen LogP contribution >= 0.6 is 0 Å². The molecule has 0 bridgehead atoms. The van der Waals surface area contributed by atoms with Crippen LogP contribution < -0.4 is 10.1 Å². The summed E-state index contributed by atoms with van der Waals surface area (Å²) in [5.41, 5.74) is 3.75. The minimum atomic E-state index is -0.392. The Morgan fingerprint density at radius 1 is 1.10 bits per heavy atom. The van der Waals surface area contributed by atoms with E-state index >= 15 is 0 Å². The van der Waals surface area contributed by atoms with Gasteiger partial charge in [0.05, 0.1) is 12.6 Å². The summed E-state index contributed by atoms with van der Waals surface area (Å²) in [4.78, 5) is 26.1. The number of aromatic nitrogens is 2. The average Bonchev–Trinajstić information content (AvgIpc) is 3.46. The number of benzene rings is 3. The molecule has 1 N–H and O–H groups in total. The Morgan fingerprint density at radius 2 is 1.97 bits per heavy atom. The van der Waals surface area contributed by atoms with Crippen LogP contribution in [0.2, 0.25) is 0 Å². The zero-order valence-electron chi connectivity index (χ0n) is 21.3. The molecule has 1 amide bonds. The molecule has 2 heterocycles. The molecule has 0 aliphatic rings. The van der Waals surface area contributed by atoms with Gasteiger partial charge >= 0.3 is 5.91 Å². The van der Waals surface area contributed by atoms with Crippen LogP contribution in [0.5, 0.6) is 5.75 Å². The highest BCUT2D eigenvalue weighted by Crippen LogP contribution is 2.31. The summed E-state index contributed by atoms with van der Waals surface area (Å²) < 4.78 is 25.2.